The van der Waals surface area contributed by atoms with Crippen molar-refractivity contribution in [3.63, 3.8) is 0 Å². The van der Waals surface area contributed by atoms with Gasteiger partial charge in [0.2, 0.25) is 5.91 Å². The van der Waals surface area contributed by atoms with Crippen molar-refractivity contribution in [2.45, 2.75) is 6.54 Å². The van der Waals surface area contributed by atoms with Crippen molar-refractivity contribution in [2.75, 3.05) is 16.4 Å². The molecule has 5 heteroatoms. The zero-order valence-corrected chi connectivity index (χ0v) is 14.7. The first-order valence-corrected chi connectivity index (χ1v) is 8.55. The number of hydrogen-bond donors (Lipinski definition) is 4. The number of amides is 1. The molecule has 0 aromatic heterocycles. The van der Waals surface area contributed by atoms with Gasteiger partial charge in [0.25, 0.3) is 0 Å². The summed E-state index contributed by atoms with van der Waals surface area (Å²) in [6, 6.07) is 22.0. The van der Waals surface area contributed by atoms with Crippen molar-refractivity contribution < 1.29 is 9.90 Å². The average molecular weight is 359 g/mol. The molecule has 0 saturated carbocycles. The third-order valence-electron chi connectivity index (χ3n) is 3.97. The van der Waals surface area contributed by atoms with E-state index in [0.29, 0.717) is 17.9 Å². The Morgan fingerprint density at radius 2 is 1.78 bits per heavy atom. The van der Waals surface area contributed by atoms with Crippen LogP contribution in [-0.4, -0.2) is 11.0 Å². The zero-order valence-electron chi connectivity index (χ0n) is 14.7. The number of phenols is 1. The van der Waals surface area contributed by atoms with Crippen LogP contribution in [-0.2, 0) is 11.3 Å². The van der Waals surface area contributed by atoms with Crippen LogP contribution in [0.4, 0.5) is 17.1 Å². The molecule has 0 atom stereocenters. The maximum atomic E-state index is 12.0. The molecule has 5 nitrogen and oxygen atoms in total. The molecule has 0 aliphatic rings. The second-order valence-corrected chi connectivity index (χ2v) is 6.06. The van der Waals surface area contributed by atoms with Crippen LogP contribution in [0.25, 0.3) is 6.08 Å². The first kappa shape index (κ1) is 18.1. The van der Waals surface area contributed by atoms with E-state index in [-0.39, 0.29) is 11.7 Å². The molecule has 136 valence electrons. The third-order valence-corrected chi connectivity index (χ3v) is 3.97. The predicted octanol–water partition coefficient (Wildman–Crippen LogP) is 4.24. The number of carbonyl (C=O) groups excluding carboxylic acids is 1. The molecule has 0 fully saturated rings. The molecule has 0 bridgehead atoms. The van der Waals surface area contributed by atoms with Gasteiger partial charge >= 0.3 is 0 Å². The molecular weight excluding hydrogens is 338 g/mol. The van der Waals surface area contributed by atoms with Gasteiger partial charge in [-0.1, -0.05) is 42.5 Å². The van der Waals surface area contributed by atoms with E-state index in [0.717, 1.165) is 16.8 Å². The monoisotopic (exact) mass is 359 g/mol. The number of nitrogens with two attached hydrogens (primary N) is 1. The maximum absolute atomic E-state index is 12.0. The minimum atomic E-state index is -0.234. The molecule has 27 heavy (non-hydrogen) atoms. The summed E-state index contributed by atoms with van der Waals surface area (Å²) >= 11 is 0. The van der Waals surface area contributed by atoms with Crippen LogP contribution in [0.15, 0.2) is 78.9 Å². The number of nitrogen functional groups attached to an aromatic ring is 1. The highest BCUT2D eigenvalue weighted by molar-refractivity contribution is 6.03. The molecule has 0 aliphatic carbocycles. The quantitative estimate of drug-likeness (QED) is 0.392. The van der Waals surface area contributed by atoms with E-state index in [1.54, 1.807) is 36.4 Å². The molecular formula is C22H21N3O2. The van der Waals surface area contributed by atoms with Crippen LogP contribution in [0.1, 0.15) is 11.1 Å². The van der Waals surface area contributed by atoms with Gasteiger partial charge in [-0.05, 0) is 41.5 Å². The molecule has 1 amide bonds. The van der Waals surface area contributed by atoms with E-state index in [1.807, 2.05) is 42.5 Å². The number of carbonyl (C=O) groups is 1. The molecule has 0 radical (unpaired) electrons. The lowest BCUT2D eigenvalue weighted by molar-refractivity contribution is -0.111. The van der Waals surface area contributed by atoms with Crippen LogP contribution in [0.3, 0.4) is 0 Å². The summed E-state index contributed by atoms with van der Waals surface area (Å²) < 4.78 is 0. The molecule has 5 N–H and O–H groups in total. The molecule has 3 rings (SSSR count). The highest BCUT2D eigenvalue weighted by atomic mass is 16.3. The lowest BCUT2D eigenvalue weighted by Gasteiger charge is -2.07. The van der Waals surface area contributed by atoms with Crippen LogP contribution >= 0.6 is 0 Å². The minimum absolute atomic E-state index is 0.232. The lowest BCUT2D eigenvalue weighted by atomic mass is 10.1. The summed E-state index contributed by atoms with van der Waals surface area (Å²) in [6.45, 7) is 0.640. The summed E-state index contributed by atoms with van der Waals surface area (Å²) in [6.07, 6.45) is 3.23. The van der Waals surface area contributed by atoms with Crippen LogP contribution in [0.2, 0.25) is 0 Å². The topological polar surface area (TPSA) is 87.4 Å². The van der Waals surface area contributed by atoms with Crippen molar-refractivity contribution >= 4 is 29.0 Å². The van der Waals surface area contributed by atoms with Crippen molar-refractivity contribution in [1.29, 1.82) is 0 Å². The standard InChI is InChI=1S/C22H21N3O2/c23-20-6-1-2-7-21(20)25-22(27)13-12-16-8-10-17(11-9-16)15-24-18-4-3-5-19(26)14-18/h1-14,24,26H,15,23H2,(H,25,27)/b13-12+. The number of hydrogen-bond acceptors (Lipinski definition) is 4. The van der Waals surface area contributed by atoms with Gasteiger partial charge in [-0.25, -0.2) is 0 Å². The SMILES string of the molecule is Nc1ccccc1NC(=O)/C=C/c1ccc(CNc2cccc(O)c2)cc1. The van der Waals surface area contributed by atoms with Gasteiger partial charge in [0, 0.05) is 24.4 Å². The second-order valence-electron chi connectivity index (χ2n) is 6.06. The molecule has 0 spiro atoms. The normalized spacial score (nSPS) is 10.7. The Bertz CT molecular complexity index is 950. The van der Waals surface area contributed by atoms with Gasteiger partial charge < -0.3 is 21.5 Å². The fourth-order valence-electron chi connectivity index (χ4n) is 2.52. The van der Waals surface area contributed by atoms with Gasteiger partial charge in [-0.15, -0.1) is 0 Å². The van der Waals surface area contributed by atoms with Gasteiger partial charge in [0.15, 0.2) is 0 Å². The number of aromatic hydroxyl groups is 1. The molecule has 0 unspecified atom stereocenters. The predicted molar refractivity (Wildman–Crippen MR) is 110 cm³/mol. The molecule has 3 aromatic rings. The van der Waals surface area contributed by atoms with Crippen molar-refractivity contribution in [2.24, 2.45) is 0 Å². The number of para-hydroxylation sites is 2. The Labute approximate surface area is 158 Å². The van der Waals surface area contributed by atoms with Gasteiger partial charge in [0.1, 0.15) is 5.75 Å². The largest absolute Gasteiger partial charge is 0.508 e. The molecule has 3 aromatic carbocycles. The van der Waals surface area contributed by atoms with Crippen LogP contribution < -0.4 is 16.4 Å². The number of benzene rings is 3. The Morgan fingerprint density at radius 1 is 1.00 bits per heavy atom. The Kier molecular flexibility index (Phi) is 5.74. The third kappa shape index (κ3) is 5.37. The zero-order chi connectivity index (χ0) is 19.1. The minimum Gasteiger partial charge on any atom is -0.508 e. The smallest absolute Gasteiger partial charge is 0.248 e. The fourth-order valence-corrected chi connectivity index (χ4v) is 2.52. The Balaban J connectivity index is 1.54. The molecule has 0 saturated heterocycles. The van der Waals surface area contributed by atoms with E-state index < -0.39 is 0 Å². The average Bonchev–Trinajstić information content (AvgIpc) is 2.67. The van der Waals surface area contributed by atoms with Crippen molar-refractivity contribution in [1.82, 2.24) is 0 Å². The van der Waals surface area contributed by atoms with Gasteiger partial charge in [-0.2, -0.15) is 0 Å². The van der Waals surface area contributed by atoms with Crippen LogP contribution in [0, 0.1) is 0 Å². The van der Waals surface area contributed by atoms with E-state index in [2.05, 4.69) is 10.6 Å². The van der Waals surface area contributed by atoms with Crippen molar-refractivity contribution in [3.05, 3.63) is 90.0 Å². The van der Waals surface area contributed by atoms with E-state index >= 15 is 0 Å². The maximum Gasteiger partial charge on any atom is 0.248 e. The number of rotatable bonds is 6. The highest BCUT2D eigenvalue weighted by Gasteiger charge is 2.01. The summed E-state index contributed by atoms with van der Waals surface area (Å²) in [7, 11) is 0. The van der Waals surface area contributed by atoms with E-state index in [9.17, 15) is 9.90 Å². The Hall–Kier alpha value is -3.73. The van der Waals surface area contributed by atoms with E-state index in [4.69, 9.17) is 5.73 Å². The van der Waals surface area contributed by atoms with Crippen molar-refractivity contribution in [3.8, 4) is 5.75 Å². The number of phenolic OH excluding ortho intramolecular Hbond substituents is 1. The Morgan fingerprint density at radius 3 is 2.52 bits per heavy atom. The summed E-state index contributed by atoms with van der Waals surface area (Å²) in [5, 5.41) is 15.5. The first-order chi connectivity index (χ1) is 13.1. The number of anilines is 3. The highest BCUT2D eigenvalue weighted by Crippen LogP contribution is 2.18. The summed E-state index contributed by atoms with van der Waals surface area (Å²) in [4.78, 5) is 12.0. The molecule has 0 aliphatic heterocycles. The van der Waals surface area contributed by atoms with Gasteiger partial charge in [0.05, 0.1) is 11.4 Å². The molecule has 0 heterocycles. The second kappa shape index (κ2) is 8.58. The van der Waals surface area contributed by atoms with E-state index in [1.165, 1.54) is 6.08 Å². The van der Waals surface area contributed by atoms with Gasteiger partial charge in [-0.3, -0.25) is 4.79 Å². The van der Waals surface area contributed by atoms with Crippen LogP contribution in [0.5, 0.6) is 5.75 Å². The number of nitrogens with one attached hydrogen (secondary N) is 2. The lowest BCUT2D eigenvalue weighted by Crippen LogP contribution is -2.09. The summed E-state index contributed by atoms with van der Waals surface area (Å²) in [5.74, 6) is -0.00134. The fraction of sp³-hybridized carbons (Fsp3) is 0.0455. The first-order valence-electron chi connectivity index (χ1n) is 8.55. The summed E-state index contributed by atoms with van der Waals surface area (Å²) in [5.41, 5.74) is 9.82.